The van der Waals surface area contributed by atoms with Crippen LogP contribution in [0.1, 0.15) is 23.0 Å². The summed E-state index contributed by atoms with van der Waals surface area (Å²) >= 11 is 0. The van der Waals surface area contributed by atoms with E-state index in [9.17, 15) is 4.79 Å². The number of benzene rings is 1. The van der Waals surface area contributed by atoms with E-state index < -0.39 is 0 Å². The van der Waals surface area contributed by atoms with Crippen LogP contribution >= 0.6 is 0 Å². The van der Waals surface area contributed by atoms with Crippen LogP contribution in [0.4, 0.5) is 11.4 Å². The molecule has 0 aliphatic rings. The van der Waals surface area contributed by atoms with E-state index in [-0.39, 0.29) is 5.91 Å². The third-order valence-electron chi connectivity index (χ3n) is 3.63. The van der Waals surface area contributed by atoms with Crippen LogP contribution in [0.3, 0.4) is 0 Å². The van der Waals surface area contributed by atoms with Crippen molar-refractivity contribution in [1.29, 1.82) is 0 Å². The number of rotatable bonds is 7. The van der Waals surface area contributed by atoms with E-state index in [0.29, 0.717) is 18.8 Å². The maximum Gasteiger partial charge on any atom is 0.270 e. The molecule has 0 radical (unpaired) electrons. The van der Waals surface area contributed by atoms with E-state index in [4.69, 9.17) is 4.74 Å². The van der Waals surface area contributed by atoms with Gasteiger partial charge in [0.1, 0.15) is 11.4 Å². The lowest BCUT2D eigenvalue weighted by atomic mass is 10.2. The monoisotopic (exact) mass is 348 g/mol. The SMILES string of the molecule is CCOc1ccccc1Nc1ccnc(C(=O)NCc2cccnc2)c1. The minimum absolute atomic E-state index is 0.240. The smallest absolute Gasteiger partial charge is 0.270 e. The van der Waals surface area contributed by atoms with Crippen LogP contribution < -0.4 is 15.4 Å². The molecule has 0 saturated carbocycles. The van der Waals surface area contributed by atoms with Crippen LogP contribution in [0.25, 0.3) is 0 Å². The first-order valence-corrected chi connectivity index (χ1v) is 8.38. The lowest BCUT2D eigenvalue weighted by Crippen LogP contribution is -2.23. The highest BCUT2D eigenvalue weighted by Crippen LogP contribution is 2.27. The molecule has 3 rings (SSSR count). The molecule has 0 bridgehead atoms. The van der Waals surface area contributed by atoms with E-state index in [0.717, 1.165) is 22.7 Å². The normalized spacial score (nSPS) is 10.2. The number of nitrogens with zero attached hydrogens (tertiary/aromatic N) is 2. The van der Waals surface area contributed by atoms with Gasteiger partial charge in [-0.25, -0.2) is 0 Å². The minimum atomic E-state index is -0.240. The molecule has 3 aromatic rings. The summed E-state index contributed by atoms with van der Waals surface area (Å²) in [6, 6.07) is 14.9. The summed E-state index contributed by atoms with van der Waals surface area (Å²) in [7, 11) is 0. The van der Waals surface area contributed by atoms with E-state index in [1.807, 2.05) is 43.3 Å². The van der Waals surface area contributed by atoms with E-state index in [2.05, 4.69) is 20.6 Å². The van der Waals surface area contributed by atoms with Crippen molar-refractivity contribution in [2.24, 2.45) is 0 Å². The third kappa shape index (κ3) is 4.57. The Kier molecular flexibility index (Phi) is 5.77. The fourth-order valence-corrected chi connectivity index (χ4v) is 2.41. The molecule has 0 atom stereocenters. The van der Waals surface area contributed by atoms with Crippen LogP contribution in [0.15, 0.2) is 67.1 Å². The summed E-state index contributed by atoms with van der Waals surface area (Å²) in [6.45, 7) is 2.92. The molecule has 0 aliphatic carbocycles. The quantitative estimate of drug-likeness (QED) is 0.683. The van der Waals surface area contributed by atoms with Gasteiger partial charge in [-0.3, -0.25) is 14.8 Å². The van der Waals surface area contributed by atoms with Gasteiger partial charge in [0, 0.05) is 30.8 Å². The molecule has 0 aliphatic heterocycles. The summed E-state index contributed by atoms with van der Waals surface area (Å²) in [5, 5.41) is 6.12. The minimum Gasteiger partial charge on any atom is -0.492 e. The molecule has 6 nitrogen and oxygen atoms in total. The highest BCUT2D eigenvalue weighted by Gasteiger charge is 2.09. The number of anilines is 2. The van der Waals surface area contributed by atoms with Crippen molar-refractivity contribution in [1.82, 2.24) is 15.3 Å². The van der Waals surface area contributed by atoms with Crippen molar-refractivity contribution in [2.75, 3.05) is 11.9 Å². The number of hydrogen-bond acceptors (Lipinski definition) is 5. The summed E-state index contributed by atoms with van der Waals surface area (Å²) in [5.74, 6) is 0.519. The maximum atomic E-state index is 12.3. The lowest BCUT2D eigenvalue weighted by Gasteiger charge is -2.12. The van der Waals surface area contributed by atoms with Crippen molar-refractivity contribution in [3.8, 4) is 5.75 Å². The Labute approximate surface area is 152 Å². The number of pyridine rings is 2. The highest BCUT2D eigenvalue weighted by atomic mass is 16.5. The average Bonchev–Trinajstić information content (AvgIpc) is 2.69. The topological polar surface area (TPSA) is 76.1 Å². The molecule has 132 valence electrons. The number of para-hydroxylation sites is 2. The Balaban J connectivity index is 1.69. The van der Waals surface area contributed by atoms with Crippen LogP contribution in [-0.2, 0) is 6.54 Å². The van der Waals surface area contributed by atoms with Gasteiger partial charge in [-0.2, -0.15) is 0 Å². The van der Waals surface area contributed by atoms with Gasteiger partial charge in [0.25, 0.3) is 5.91 Å². The van der Waals surface area contributed by atoms with E-state index >= 15 is 0 Å². The predicted molar refractivity (Wildman–Crippen MR) is 101 cm³/mol. The molecule has 2 heterocycles. The molecule has 2 aromatic heterocycles. The fourth-order valence-electron chi connectivity index (χ4n) is 2.41. The maximum absolute atomic E-state index is 12.3. The Hall–Kier alpha value is -3.41. The van der Waals surface area contributed by atoms with Gasteiger partial charge in [0.2, 0.25) is 0 Å². The van der Waals surface area contributed by atoms with Gasteiger partial charge in [0.05, 0.1) is 12.3 Å². The van der Waals surface area contributed by atoms with Crippen molar-refractivity contribution in [2.45, 2.75) is 13.5 Å². The molecular weight excluding hydrogens is 328 g/mol. The van der Waals surface area contributed by atoms with Crippen LogP contribution in [0.2, 0.25) is 0 Å². The molecule has 0 saturated heterocycles. The Bertz CT molecular complexity index is 868. The predicted octanol–water partition coefficient (Wildman–Crippen LogP) is 3.55. The second-order valence-corrected chi connectivity index (χ2v) is 5.53. The van der Waals surface area contributed by atoms with Gasteiger partial charge >= 0.3 is 0 Å². The highest BCUT2D eigenvalue weighted by molar-refractivity contribution is 5.93. The van der Waals surface area contributed by atoms with Crippen molar-refractivity contribution in [3.05, 3.63) is 78.4 Å². The van der Waals surface area contributed by atoms with Crippen molar-refractivity contribution < 1.29 is 9.53 Å². The average molecular weight is 348 g/mol. The van der Waals surface area contributed by atoms with Gasteiger partial charge in [-0.05, 0) is 42.8 Å². The first-order valence-electron chi connectivity index (χ1n) is 8.38. The number of aromatic nitrogens is 2. The van der Waals surface area contributed by atoms with E-state index in [1.54, 1.807) is 30.7 Å². The zero-order valence-corrected chi connectivity index (χ0v) is 14.5. The number of hydrogen-bond donors (Lipinski definition) is 2. The van der Waals surface area contributed by atoms with E-state index in [1.165, 1.54) is 0 Å². The molecule has 0 unspecified atom stereocenters. The summed E-state index contributed by atoms with van der Waals surface area (Å²) < 4.78 is 5.61. The summed E-state index contributed by atoms with van der Waals surface area (Å²) in [6.07, 6.45) is 5.02. The Morgan fingerprint density at radius 1 is 1.12 bits per heavy atom. The molecule has 2 N–H and O–H groups in total. The van der Waals surface area contributed by atoms with Crippen LogP contribution in [0, 0.1) is 0 Å². The second kappa shape index (κ2) is 8.62. The standard InChI is InChI=1S/C20H20N4O2/c1-2-26-19-8-4-3-7-17(19)24-16-9-11-22-18(12-16)20(25)23-14-15-6-5-10-21-13-15/h3-13H,2,14H2,1H3,(H,22,24)(H,23,25). The van der Waals surface area contributed by atoms with Crippen LogP contribution in [-0.4, -0.2) is 22.5 Å². The number of carbonyl (C=O) groups excluding carboxylic acids is 1. The molecule has 0 fully saturated rings. The number of carbonyl (C=O) groups is 1. The zero-order chi connectivity index (χ0) is 18.2. The fraction of sp³-hybridized carbons (Fsp3) is 0.150. The molecule has 0 spiro atoms. The lowest BCUT2D eigenvalue weighted by molar-refractivity contribution is 0.0946. The molecular formula is C20H20N4O2. The summed E-state index contributed by atoms with van der Waals surface area (Å²) in [5.41, 5.74) is 2.87. The van der Waals surface area contributed by atoms with Crippen LogP contribution in [0.5, 0.6) is 5.75 Å². The van der Waals surface area contributed by atoms with Gasteiger partial charge in [0.15, 0.2) is 0 Å². The molecule has 6 heteroatoms. The zero-order valence-electron chi connectivity index (χ0n) is 14.5. The van der Waals surface area contributed by atoms with Crippen molar-refractivity contribution in [3.63, 3.8) is 0 Å². The van der Waals surface area contributed by atoms with Gasteiger partial charge in [-0.1, -0.05) is 18.2 Å². The van der Waals surface area contributed by atoms with Gasteiger partial charge < -0.3 is 15.4 Å². The number of amides is 1. The number of ether oxygens (including phenoxy) is 1. The van der Waals surface area contributed by atoms with Gasteiger partial charge in [-0.15, -0.1) is 0 Å². The number of nitrogens with one attached hydrogen (secondary N) is 2. The molecule has 26 heavy (non-hydrogen) atoms. The first-order chi connectivity index (χ1) is 12.8. The van der Waals surface area contributed by atoms with Crippen molar-refractivity contribution >= 4 is 17.3 Å². The second-order valence-electron chi connectivity index (χ2n) is 5.53. The largest absolute Gasteiger partial charge is 0.492 e. The Morgan fingerprint density at radius 2 is 2.00 bits per heavy atom. The molecule has 1 amide bonds. The third-order valence-corrected chi connectivity index (χ3v) is 3.63. The summed E-state index contributed by atoms with van der Waals surface area (Å²) in [4.78, 5) is 20.5. The first kappa shape index (κ1) is 17.4. The molecule has 1 aromatic carbocycles. The Morgan fingerprint density at radius 3 is 2.81 bits per heavy atom.